The Hall–Kier alpha value is -2.46. The standard InChI is InChI=1S/C20H26N4O5S/c1-14-19(15(2)29-22-14)13-28-20(25)23-11-18(12-23)30(26,27)24-9-5-17(6-10-24)16-3-7-21-8-4-16/h3-4,7-8,17-18H,5-6,9-13H2,1-2H3. The molecule has 9 nitrogen and oxygen atoms in total. The highest BCUT2D eigenvalue weighted by Gasteiger charge is 2.44. The van der Waals surface area contributed by atoms with Crippen molar-refractivity contribution in [3.05, 3.63) is 47.1 Å². The molecular formula is C20H26N4O5S. The van der Waals surface area contributed by atoms with E-state index in [1.807, 2.05) is 12.1 Å². The topological polar surface area (TPSA) is 106 Å². The average Bonchev–Trinajstić information content (AvgIpc) is 3.03. The van der Waals surface area contributed by atoms with Crippen LogP contribution in [0.1, 0.15) is 41.3 Å². The number of pyridine rings is 1. The zero-order chi connectivity index (χ0) is 21.3. The van der Waals surface area contributed by atoms with Crippen LogP contribution < -0.4 is 0 Å². The Labute approximate surface area is 176 Å². The molecule has 4 rings (SSSR count). The lowest BCUT2D eigenvalue weighted by Gasteiger charge is -2.41. The molecule has 2 aliphatic heterocycles. The minimum absolute atomic E-state index is 0.0659. The Morgan fingerprint density at radius 2 is 1.87 bits per heavy atom. The molecule has 0 saturated carbocycles. The zero-order valence-electron chi connectivity index (χ0n) is 17.2. The molecule has 30 heavy (non-hydrogen) atoms. The first-order valence-electron chi connectivity index (χ1n) is 10.1. The summed E-state index contributed by atoms with van der Waals surface area (Å²) in [6.45, 7) is 4.93. The van der Waals surface area contributed by atoms with Crippen LogP contribution in [0.4, 0.5) is 4.79 Å². The zero-order valence-corrected chi connectivity index (χ0v) is 18.0. The molecule has 0 spiro atoms. The summed E-state index contributed by atoms with van der Waals surface area (Å²) >= 11 is 0. The maximum absolute atomic E-state index is 12.9. The van der Waals surface area contributed by atoms with Crippen LogP contribution in [0.15, 0.2) is 29.0 Å². The molecule has 1 amide bonds. The first-order chi connectivity index (χ1) is 14.4. The minimum atomic E-state index is -3.42. The molecule has 4 heterocycles. The van der Waals surface area contributed by atoms with Crippen molar-refractivity contribution in [2.24, 2.45) is 0 Å². The van der Waals surface area contributed by atoms with E-state index in [0.717, 1.165) is 18.4 Å². The number of rotatable bonds is 5. The number of piperidine rings is 1. The summed E-state index contributed by atoms with van der Waals surface area (Å²) in [5.41, 5.74) is 2.63. The van der Waals surface area contributed by atoms with Gasteiger partial charge in [-0.25, -0.2) is 17.5 Å². The fourth-order valence-electron chi connectivity index (χ4n) is 4.00. The van der Waals surface area contributed by atoms with Crippen molar-refractivity contribution in [2.75, 3.05) is 26.2 Å². The Kier molecular flexibility index (Phi) is 5.79. The van der Waals surface area contributed by atoms with Gasteiger partial charge in [0.1, 0.15) is 17.6 Å². The third kappa shape index (κ3) is 4.06. The molecule has 2 saturated heterocycles. The van der Waals surface area contributed by atoms with E-state index in [9.17, 15) is 13.2 Å². The number of ether oxygens (including phenoxy) is 1. The molecule has 0 aromatic carbocycles. The second-order valence-electron chi connectivity index (χ2n) is 7.88. The lowest BCUT2D eigenvalue weighted by molar-refractivity contribution is 0.0754. The minimum Gasteiger partial charge on any atom is -0.444 e. The first kappa shape index (κ1) is 20.8. The van der Waals surface area contributed by atoms with Gasteiger partial charge in [0, 0.05) is 38.6 Å². The van der Waals surface area contributed by atoms with Crippen molar-refractivity contribution < 1.29 is 22.5 Å². The molecule has 0 aliphatic carbocycles. The molecule has 0 radical (unpaired) electrons. The number of sulfonamides is 1. The monoisotopic (exact) mass is 434 g/mol. The van der Waals surface area contributed by atoms with Crippen molar-refractivity contribution in [2.45, 2.75) is 44.5 Å². The van der Waals surface area contributed by atoms with E-state index >= 15 is 0 Å². The normalized spacial score (nSPS) is 18.9. The highest BCUT2D eigenvalue weighted by atomic mass is 32.2. The van der Waals surface area contributed by atoms with Gasteiger partial charge in [-0.1, -0.05) is 5.16 Å². The number of carbonyl (C=O) groups excluding carboxylic acids is 1. The lowest BCUT2D eigenvalue weighted by atomic mass is 9.91. The summed E-state index contributed by atoms with van der Waals surface area (Å²) in [7, 11) is -3.42. The van der Waals surface area contributed by atoms with Gasteiger partial charge >= 0.3 is 6.09 Å². The van der Waals surface area contributed by atoms with E-state index in [-0.39, 0.29) is 19.7 Å². The van der Waals surface area contributed by atoms with Crippen LogP contribution >= 0.6 is 0 Å². The van der Waals surface area contributed by atoms with Gasteiger partial charge in [-0.05, 0) is 50.3 Å². The van der Waals surface area contributed by atoms with Crippen molar-refractivity contribution in [3.63, 3.8) is 0 Å². The molecular weight excluding hydrogens is 408 g/mol. The van der Waals surface area contributed by atoms with Crippen molar-refractivity contribution in [1.82, 2.24) is 19.3 Å². The highest BCUT2D eigenvalue weighted by molar-refractivity contribution is 7.89. The number of hydrogen-bond acceptors (Lipinski definition) is 7. The van der Waals surface area contributed by atoms with E-state index < -0.39 is 21.4 Å². The average molecular weight is 435 g/mol. The number of amides is 1. The maximum atomic E-state index is 12.9. The number of aromatic nitrogens is 2. The van der Waals surface area contributed by atoms with Crippen LogP contribution in [-0.2, 0) is 21.4 Å². The van der Waals surface area contributed by atoms with E-state index in [1.54, 1.807) is 30.5 Å². The second-order valence-corrected chi connectivity index (χ2v) is 10.1. The van der Waals surface area contributed by atoms with Crippen LogP contribution in [0.3, 0.4) is 0 Å². The number of likely N-dealkylation sites (tertiary alicyclic amines) is 1. The van der Waals surface area contributed by atoms with E-state index in [1.165, 1.54) is 10.5 Å². The van der Waals surface area contributed by atoms with E-state index in [0.29, 0.717) is 30.5 Å². The van der Waals surface area contributed by atoms with Gasteiger partial charge < -0.3 is 14.2 Å². The third-order valence-electron chi connectivity index (χ3n) is 6.04. The Morgan fingerprint density at radius 3 is 2.47 bits per heavy atom. The molecule has 2 aromatic heterocycles. The summed E-state index contributed by atoms with van der Waals surface area (Å²) in [5, 5.41) is 3.26. The summed E-state index contributed by atoms with van der Waals surface area (Å²) < 4.78 is 37.8. The summed E-state index contributed by atoms with van der Waals surface area (Å²) in [6.07, 6.45) is 4.61. The molecule has 0 atom stereocenters. The Morgan fingerprint density at radius 1 is 1.20 bits per heavy atom. The van der Waals surface area contributed by atoms with Crippen LogP contribution in [0, 0.1) is 13.8 Å². The number of carbonyl (C=O) groups is 1. The van der Waals surface area contributed by atoms with Gasteiger partial charge in [-0.3, -0.25) is 4.98 Å². The molecule has 0 unspecified atom stereocenters. The van der Waals surface area contributed by atoms with Crippen molar-refractivity contribution in [1.29, 1.82) is 0 Å². The highest BCUT2D eigenvalue weighted by Crippen LogP contribution is 2.31. The second kappa shape index (κ2) is 8.35. The summed E-state index contributed by atoms with van der Waals surface area (Å²) in [5.74, 6) is 0.969. The summed E-state index contributed by atoms with van der Waals surface area (Å²) in [6, 6.07) is 3.99. The maximum Gasteiger partial charge on any atom is 0.410 e. The fourth-order valence-corrected chi connectivity index (χ4v) is 5.88. The molecule has 2 aliphatic rings. The van der Waals surface area contributed by atoms with Gasteiger partial charge in [-0.15, -0.1) is 0 Å². The summed E-state index contributed by atoms with van der Waals surface area (Å²) in [4.78, 5) is 17.7. The van der Waals surface area contributed by atoms with E-state index in [4.69, 9.17) is 9.26 Å². The first-order valence-corrected chi connectivity index (χ1v) is 11.6. The predicted molar refractivity (Wildman–Crippen MR) is 108 cm³/mol. The lowest BCUT2D eigenvalue weighted by Crippen LogP contribution is -2.60. The molecule has 162 valence electrons. The van der Waals surface area contributed by atoms with Gasteiger partial charge in [0.25, 0.3) is 0 Å². The van der Waals surface area contributed by atoms with Gasteiger partial charge in [0.15, 0.2) is 0 Å². The van der Waals surface area contributed by atoms with Crippen LogP contribution in [0.2, 0.25) is 0 Å². The van der Waals surface area contributed by atoms with Crippen LogP contribution in [-0.4, -0.2) is 65.3 Å². The quantitative estimate of drug-likeness (QED) is 0.710. The van der Waals surface area contributed by atoms with Crippen molar-refractivity contribution >= 4 is 16.1 Å². The number of aryl methyl sites for hydroxylation is 2. The SMILES string of the molecule is Cc1noc(C)c1COC(=O)N1CC(S(=O)(=O)N2CCC(c3ccncc3)CC2)C1. The van der Waals surface area contributed by atoms with Gasteiger partial charge in [0.05, 0.1) is 11.3 Å². The Balaban J connectivity index is 1.26. The third-order valence-corrected chi connectivity index (χ3v) is 8.27. The molecule has 0 N–H and O–H groups in total. The fraction of sp³-hybridized carbons (Fsp3) is 0.550. The van der Waals surface area contributed by atoms with Crippen LogP contribution in [0.5, 0.6) is 0 Å². The van der Waals surface area contributed by atoms with Gasteiger partial charge in [0.2, 0.25) is 10.0 Å². The smallest absolute Gasteiger partial charge is 0.410 e. The molecule has 2 fully saturated rings. The van der Waals surface area contributed by atoms with E-state index in [2.05, 4.69) is 10.1 Å². The predicted octanol–water partition coefficient (Wildman–Crippen LogP) is 2.22. The number of nitrogens with zero attached hydrogens (tertiary/aromatic N) is 4. The molecule has 10 heteroatoms. The largest absolute Gasteiger partial charge is 0.444 e. The van der Waals surface area contributed by atoms with Crippen LogP contribution in [0.25, 0.3) is 0 Å². The Bertz CT molecular complexity index is 974. The van der Waals surface area contributed by atoms with Gasteiger partial charge in [-0.2, -0.15) is 0 Å². The number of hydrogen-bond donors (Lipinski definition) is 0. The molecule has 0 bridgehead atoms. The molecule has 2 aromatic rings. The van der Waals surface area contributed by atoms with Crippen molar-refractivity contribution in [3.8, 4) is 0 Å².